The number of hydrogen-bond acceptors (Lipinski definition) is 3. The van der Waals surface area contributed by atoms with E-state index in [0.717, 1.165) is 54.3 Å². The molecule has 2 aromatic rings. The summed E-state index contributed by atoms with van der Waals surface area (Å²) in [4.78, 5) is 14.8. The average Bonchev–Trinajstić information content (AvgIpc) is 2.68. The smallest absolute Gasteiger partial charge is 0.143 e. The van der Waals surface area contributed by atoms with E-state index < -0.39 is 0 Å². The molecule has 1 N–H and O–H groups in total. The van der Waals surface area contributed by atoms with Crippen LogP contribution in [0.2, 0.25) is 0 Å². The Morgan fingerprint density at radius 3 is 2.39 bits per heavy atom. The van der Waals surface area contributed by atoms with Gasteiger partial charge in [0.25, 0.3) is 0 Å². The third-order valence-electron chi connectivity index (χ3n) is 3.00. The van der Waals surface area contributed by atoms with Crippen molar-refractivity contribution in [3.05, 3.63) is 17.6 Å². The molecule has 0 amide bonds. The van der Waals surface area contributed by atoms with Crippen molar-refractivity contribution in [3.63, 3.8) is 0 Å². The Hall–Kier alpha value is -1.58. The van der Waals surface area contributed by atoms with Crippen molar-refractivity contribution in [1.29, 1.82) is 0 Å². The second-order valence-corrected chi connectivity index (χ2v) is 4.80. The first-order chi connectivity index (χ1) is 8.65. The molecule has 0 saturated carbocycles. The maximum absolute atomic E-state index is 4.65. The lowest BCUT2D eigenvalue weighted by molar-refractivity contribution is 0.734. The maximum atomic E-state index is 4.65. The first kappa shape index (κ1) is 12.9. The Morgan fingerprint density at radius 2 is 1.78 bits per heavy atom. The fraction of sp³-hybridized carbons (Fsp3) is 0.571. The van der Waals surface area contributed by atoms with Gasteiger partial charge in [-0.25, -0.2) is 9.97 Å². The highest BCUT2D eigenvalue weighted by Crippen LogP contribution is 2.25. The van der Waals surface area contributed by atoms with Crippen LogP contribution in [0.15, 0.2) is 6.07 Å². The van der Waals surface area contributed by atoms with Crippen LogP contribution in [-0.2, 0) is 0 Å². The van der Waals surface area contributed by atoms with Gasteiger partial charge in [0, 0.05) is 18.8 Å². The normalized spacial score (nSPS) is 11.1. The van der Waals surface area contributed by atoms with E-state index in [1.807, 2.05) is 6.92 Å². The van der Waals surface area contributed by atoms with Gasteiger partial charge in [-0.2, -0.15) is 0 Å². The van der Waals surface area contributed by atoms with Crippen LogP contribution in [-0.4, -0.2) is 28.0 Å². The van der Waals surface area contributed by atoms with E-state index in [-0.39, 0.29) is 0 Å². The summed E-state index contributed by atoms with van der Waals surface area (Å²) in [7, 11) is 0. The molecule has 0 aliphatic rings. The number of aromatic nitrogens is 3. The largest absolute Gasteiger partial charge is 0.356 e. The van der Waals surface area contributed by atoms with Gasteiger partial charge < -0.3 is 9.88 Å². The lowest BCUT2D eigenvalue weighted by Crippen LogP contribution is -2.26. The van der Waals surface area contributed by atoms with Crippen LogP contribution in [0, 0.1) is 13.8 Å². The molecule has 98 valence electrons. The quantitative estimate of drug-likeness (QED) is 0.881. The minimum atomic E-state index is 0.830. The first-order valence-electron chi connectivity index (χ1n) is 6.74. The molecule has 0 spiro atoms. The van der Waals surface area contributed by atoms with Crippen LogP contribution < -0.4 is 4.90 Å². The Labute approximate surface area is 108 Å². The van der Waals surface area contributed by atoms with Crippen molar-refractivity contribution in [2.75, 3.05) is 18.0 Å². The molecule has 4 heteroatoms. The molecule has 0 aliphatic carbocycles. The molecule has 0 radical (unpaired) electrons. The van der Waals surface area contributed by atoms with Crippen molar-refractivity contribution in [1.82, 2.24) is 15.0 Å². The molecular weight excluding hydrogens is 224 g/mol. The van der Waals surface area contributed by atoms with Crippen molar-refractivity contribution >= 4 is 16.9 Å². The fourth-order valence-electron chi connectivity index (χ4n) is 2.34. The molecule has 0 unspecified atom stereocenters. The highest BCUT2D eigenvalue weighted by atomic mass is 15.2. The molecule has 2 heterocycles. The maximum Gasteiger partial charge on any atom is 0.143 e. The van der Waals surface area contributed by atoms with E-state index in [4.69, 9.17) is 0 Å². The van der Waals surface area contributed by atoms with Crippen LogP contribution in [0.4, 0.5) is 5.82 Å². The molecule has 0 atom stereocenters. The number of hydrogen-bond donors (Lipinski definition) is 1. The highest BCUT2D eigenvalue weighted by Gasteiger charge is 2.13. The van der Waals surface area contributed by atoms with Crippen LogP contribution in [0.1, 0.15) is 38.2 Å². The number of aromatic amines is 1. The van der Waals surface area contributed by atoms with Gasteiger partial charge in [-0.1, -0.05) is 13.8 Å². The lowest BCUT2D eigenvalue weighted by atomic mass is 10.3. The van der Waals surface area contributed by atoms with Crippen LogP contribution in [0.3, 0.4) is 0 Å². The Kier molecular flexibility index (Phi) is 3.84. The predicted octanol–water partition coefficient (Wildman–Crippen LogP) is 3.20. The highest BCUT2D eigenvalue weighted by molar-refractivity contribution is 5.88. The number of H-pyrrole nitrogens is 1. The number of anilines is 1. The van der Waals surface area contributed by atoms with Gasteiger partial charge in [0.1, 0.15) is 17.3 Å². The number of fused-ring (bicyclic) bond motifs is 1. The third kappa shape index (κ3) is 2.47. The molecule has 0 fully saturated rings. The standard InChI is InChI=1S/C14H22N4/c1-5-7-18(8-6-2)14-12-9-10(3)15-13(12)16-11(4)17-14/h9H,5-8H2,1-4H3,(H,15,16,17). The SMILES string of the molecule is CCCN(CCC)c1nc(C)nc2[nH]c(C)cc12. The monoisotopic (exact) mass is 246 g/mol. The average molecular weight is 246 g/mol. The summed E-state index contributed by atoms with van der Waals surface area (Å²) in [6.45, 7) is 10.5. The van der Waals surface area contributed by atoms with E-state index >= 15 is 0 Å². The topological polar surface area (TPSA) is 44.8 Å². The molecule has 2 aromatic heterocycles. The first-order valence-corrected chi connectivity index (χ1v) is 6.74. The van der Waals surface area contributed by atoms with Crippen molar-refractivity contribution in [2.24, 2.45) is 0 Å². The van der Waals surface area contributed by atoms with Gasteiger partial charge >= 0.3 is 0 Å². The molecule has 0 saturated heterocycles. The zero-order chi connectivity index (χ0) is 13.1. The van der Waals surface area contributed by atoms with Gasteiger partial charge in [-0.05, 0) is 32.8 Å². The second-order valence-electron chi connectivity index (χ2n) is 4.80. The van der Waals surface area contributed by atoms with Crippen molar-refractivity contribution in [3.8, 4) is 0 Å². The molecule has 0 aliphatic heterocycles. The predicted molar refractivity (Wildman–Crippen MR) is 76.2 cm³/mol. The van der Waals surface area contributed by atoms with E-state index in [2.05, 4.69) is 46.7 Å². The van der Waals surface area contributed by atoms with Gasteiger partial charge in [0.05, 0.1) is 5.39 Å². The van der Waals surface area contributed by atoms with E-state index in [1.54, 1.807) is 0 Å². The number of nitrogens with one attached hydrogen (secondary N) is 1. The van der Waals surface area contributed by atoms with Crippen LogP contribution in [0.25, 0.3) is 11.0 Å². The van der Waals surface area contributed by atoms with Gasteiger partial charge in [-0.15, -0.1) is 0 Å². The second kappa shape index (κ2) is 5.38. The van der Waals surface area contributed by atoms with Crippen molar-refractivity contribution < 1.29 is 0 Å². The van der Waals surface area contributed by atoms with Crippen LogP contribution >= 0.6 is 0 Å². The molecular formula is C14H22N4. The molecule has 0 bridgehead atoms. The third-order valence-corrected chi connectivity index (χ3v) is 3.00. The van der Waals surface area contributed by atoms with Crippen molar-refractivity contribution in [2.45, 2.75) is 40.5 Å². The van der Waals surface area contributed by atoms with E-state index in [0.29, 0.717) is 0 Å². The van der Waals surface area contributed by atoms with E-state index in [1.165, 1.54) is 0 Å². The number of aryl methyl sites for hydroxylation is 2. The number of nitrogens with zero attached hydrogens (tertiary/aromatic N) is 3. The Bertz CT molecular complexity index is 524. The number of rotatable bonds is 5. The zero-order valence-electron chi connectivity index (χ0n) is 11.7. The van der Waals surface area contributed by atoms with E-state index in [9.17, 15) is 0 Å². The summed E-state index contributed by atoms with van der Waals surface area (Å²) in [6, 6.07) is 2.14. The summed E-state index contributed by atoms with van der Waals surface area (Å²) in [5.41, 5.74) is 2.09. The van der Waals surface area contributed by atoms with Crippen LogP contribution in [0.5, 0.6) is 0 Å². The van der Waals surface area contributed by atoms with Gasteiger partial charge in [0.15, 0.2) is 0 Å². The Morgan fingerprint density at radius 1 is 1.11 bits per heavy atom. The summed E-state index contributed by atoms with van der Waals surface area (Å²) < 4.78 is 0. The molecule has 18 heavy (non-hydrogen) atoms. The Balaban J connectivity index is 2.52. The molecule has 2 rings (SSSR count). The summed E-state index contributed by atoms with van der Waals surface area (Å²) >= 11 is 0. The summed E-state index contributed by atoms with van der Waals surface area (Å²) in [6.07, 6.45) is 2.27. The zero-order valence-corrected chi connectivity index (χ0v) is 11.7. The summed E-state index contributed by atoms with van der Waals surface area (Å²) in [5.74, 6) is 1.90. The molecule has 4 nitrogen and oxygen atoms in total. The lowest BCUT2D eigenvalue weighted by Gasteiger charge is -2.23. The minimum absolute atomic E-state index is 0.830. The molecule has 0 aromatic carbocycles. The fourth-order valence-corrected chi connectivity index (χ4v) is 2.34. The summed E-state index contributed by atoms with van der Waals surface area (Å²) in [5, 5.41) is 1.14. The van der Waals surface area contributed by atoms with Gasteiger partial charge in [0.2, 0.25) is 0 Å². The van der Waals surface area contributed by atoms with Gasteiger partial charge in [-0.3, -0.25) is 0 Å². The minimum Gasteiger partial charge on any atom is -0.356 e.